The van der Waals surface area contributed by atoms with Gasteiger partial charge in [-0.15, -0.1) is 0 Å². The van der Waals surface area contributed by atoms with E-state index in [1.54, 1.807) is 0 Å². The lowest BCUT2D eigenvalue weighted by molar-refractivity contribution is -0.242. The van der Waals surface area contributed by atoms with Crippen molar-refractivity contribution in [2.45, 2.75) is 49.1 Å². The summed E-state index contributed by atoms with van der Waals surface area (Å²) in [6.07, 6.45) is -7.11. The Kier molecular flexibility index (Phi) is 7.67. The standard InChI is InChI=1S/C24H25F4N3O7S/c1-23(2,24(26,27)28)38-22(33)30-15-5-8-19-18(11-15)31(39(34,35)17-6-3-14(25)4-7-17)13-16(37-19)12-29-21(32)20-9-10-36-20/h3-8,11,16,20H,9-10,12-13H2,1-2H3,(H,29,32)(H,30,33). The predicted octanol–water partition coefficient (Wildman–Crippen LogP) is 3.58. The highest BCUT2D eigenvalue weighted by Gasteiger charge is 2.51. The molecule has 2 aromatic carbocycles. The zero-order chi connectivity index (χ0) is 28.6. The van der Waals surface area contributed by atoms with Crippen molar-refractivity contribution in [2.75, 3.05) is 29.3 Å². The summed E-state index contributed by atoms with van der Waals surface area (Å²) in [7, 11) is -4.31. The van der Waals surface area contributed by atoms with E-state index in [0.29, 0.717) is 26.9 Å². The normalized spacial score (nSPS) is 19.3. The maximum absolute atomic E-state index is 13.5. The van der Waals surface area contributed by atoms with Gasteiger partial charge in [0.1, 0.15) is 23.8 Å². The summed E-state index contributed by atoms with van der Waals surface area (Å²) in [5.41, 5.74) is -2.90. The van der Waals surface area contributed by atoms with E-state index in [0.717, 1.165) is 28.6 Å². The van der Waals surface area contributed by atoms with Gasteiger partial charge in [-0.3, -0.25) is 14.4 Å². The Morgan fingerprint density at radius 3 is 2.38 bits per heavy atom. The Morgan fingerprint density at radius 2 is 1.79 bits per heavy atom. The van der Waals surface area contributed by atoms with Crippen LogP contribution in [0, 0.1) is 5.82 Å². The highest BCUT2D eigenvalue weighted by molar-refractivity contribution is 7.92. The van der Waals surface area contributed by atoms with E-state index in [1.165, 1.54) is 18.2 Å². The number of ether oxygens (including phenoxy) is 3. The maximum Gasteiger partial charge on any atom is 0.427 e. The molecule has 2 atom stereocenters. The molecule has 2 aromatic rings. The summed E-state index contributed by atoms with van der Waals surface area (Å²) >= 11 is 0. The summed E-state index contributed by atoms with van der Waals surface area (Å²) < 4.78 is 96.3. The minimum Gasteiger partial charge on any atom is -0.484 e. The van der Waals surface area contributed by atoms with Gasteiger partial charge < -0.3 is 19.5 Å². The van der Waals surface area contributed by atoms with Crippen LogP contribution in [0.1, 0.15) is 20.3 Å². The average Bonchev–Trinajstić information content (AvgIpc) is 2.80. The zero-order valence-electron chi connectivity index (χ0n) is 20.7. The highest BCUT2D eigenvalue weighted by Crippen LogP contribution is 2.39. The Balaban J connectivity index is 1.60. The molecule has 0 aliphatic carbocycles. The van der Waals surface area contributed by atoms with Crippen LogP contribution in [-0.2, 0) is 24.3 Å². The van der Waals surface area contributed by atoms with Gasteiger partial charge in [-0.25, -0.2) is 17.6 Å². The second kappa shape index (κ2) is 10.5. The molecule has 0 bridgehead atoms. The second-order valence-electron chi connectivity index (χ2n) is 9.33. The number of sulfonamides is 1. The van der Waals surface area contributed by atoms with Crippen molar-refractivity contribution < 1.29 is 49.8 Å². The first-order chi connectivity index (χ1) is 18.2. The Morgan fingerprint density at radius 1 is 1.13 bits per heavy atom. The molecule has 4 rings (SSSR count). The number of benzene rings is 2. The number of alkyl halides is 3. The number of hydrogen-bond donors (Lipinski definition) is 2. The summed E-state index contributed by atoms with van der Waals surface area (Å²) in [5.74, 6) is -0.967. The van der Waals surface area contributed by atoms with Gasteiger partial charge in [0.15, 0.2) is 0 Å². The van der Waals surface area contributed by atoms with Gasteiger partial charge in [0.05, 0.1) is 30.3 Å². The monoisotopic (exact) mass is 575 g/mol. The zero-order valence-corrected chi connectivity index (χ0v) is 21.6. The molecule has 2 N–H and O–H groups in total. The van der Waals surface area contributed by atoms with E-state index in [-0.39, 0.29) is 41.0 Å². The molecule has 0 spiro atoms. The SMILES string of the molecule is CC(C)(OC(=O)Nc1ccc2c(c1)N(S(=O)(=O)c1ccc(F)cc1)CC(CNC(=O)C1CCO1)O2)C(F)(F)F. The number of rotatable bonds is 7. The number of nitrogens with one attached hydrogen (secondary N) is 2. The molecule has 2 amide bonds. The van der Waals surface area contributed by atoms with Crippen molar-refractivity contribution in [3.63, 3.8) is 0 Å². The van der Waals surface area contributed by atoms with Crippen LogP contribution in [0.5, 0.6) is 5.75 Å². The third kappa shape index (κ3) is 6.19. The van der Waals surface area contributed by atoms with E-state index in [4.69, 9.17) is 9.47 Å². The van der Waals surface area contributed by atoms with Gasteiger partial charge in [-0.1, -0.05) is 0 Å². The quantitative estimate of drug-likeness (QED) is 0.484. The Labute approximate surface area is 221 Å². The highest BCUT2D eigenvalue weighted by atomic mass is 32.2. The van der Waals surface area contributed by atoms with Crippen LogP contribution in [-0.4, -0.2) is 64.1 Å². The summed E-state index contributed by atoms with van der Waals surface area (Å²) in [6, 6.07) is 7.88. The van der Waals surface area contributed by atoms with Crippen molar-refractivity contribution in [1.82, 2.24) is 5.32 Å². The minimum absolute atomic E-state index is 0.0443. The molecule has 10 nitrogen and oxygen atoms in total. The van der Waals surface area contributed by atoms with E-state index in [1.807, 2.05) is 0 Å². The fraction of sp³-hybridized carbons (Fsp3) is 0.417. The van der Waals surface area contributed by atoms with Gasteiger partial charge >= 0.3 is 12.3 Å². The molecule has 212 valence electrons. The van der Waals surface area contributed by atoms with Gasteiger partial charge in [0, 0.05) is 12.1 Å². The van der Waals surface area contributed by atoms with E-state index in [9.17, 15) is 35.6 Å². The molecule has 2 heterocycles. The van der Waals surface area contributed by atoms with Crippen LogP contribution in [0.25, 0.3) is 0 Å². The van der Waals surface area contributed by atoms with Crippen LogP contribution < -0.4 is 19.7 Å². The third-order valence-corrected chi connectivity index (χ3v) is 7.86. The number of halogens is 4. The lowest BCUT2D eigenvalue weighted by Gasteiger charge is -2.36. The molecule has 2 aliphatic heterocycles. The van der Waals surface area contributed by atoms with Gasteiger partial charge in [-0.2, -0.15) is 13.2 Å². The van der Waals surface area contributed by atoms with Crippen molar-refractivity contribution >= 4 is 33.4 Å². The second-order valence-corrected chi connectivity index (χ2v) is 11.2. The lowest BCUT2D eigenvalue weighted by atomic mass is 10.1. The topological polar surface area (TPSA) is 123 Å². The van der Waals surface area contributed by atoms with Gasteiger partial charge in [0.2, 0.25) is 11.5 Å². The van der Waals surface area contributed by atoms with Crippen LogP contribution >= 0.6 is 0 Å². The number of nitrogens with zero attached hydrogens (tertiary/aromatic N) is 1. The number of hydrogen-bond acceptors (Lipinski definition) is 7. The first-order valence-corrected chi connectivity index (χ1v) is 13.2. The van der Waals surface area contributed by atoms with E-state index in [2.05, 4.69) is 15.4 Å². The van der Waals surface area contributed by atoms with Crippen molar-refractivity contribution in [2.24, 2.45) is 0 Å². The predicted molar refractivity (Wildman–Crippen MR) is 129 cm³/mol. The number of amides is 2. The third-order valence-electron chi connectivity index (χ3n) is 6.06. The molecule has 1 fully saturated rings. The fourth-order valence-electron chi connectivity index (χ4n) is 3.66. The van der Waals surface area contributed by atoms with Crippen LogP contribution in [0.4, 0.5) is 33.7 Å². The van der Waals surface area contributed by atoms with Crippen molar-refractivity contribution in [3.8, 4) is 5.75 Å². The van der Waals surface area contributed by atoms with Gasteiger partial charge in [0.25, 0.3) is 10.0 Å². The molecular weight excluding hydrogens is 550 g/mol. The first kappa shape index (κ1) is 28.4. The number of anilines is 2. The van der Waals surface area contributed by atoms with Crippen LogP contribution in [0.3, 0.4) is 0 Å². The van der Waals surface area contributed by atoms with Crippen LogP contribution in [0.15, 0.2) is 47.4 Å². The van der Waals surface area contributed by atoms with Crippen molar-refractivity contribution in [3.05, 3.63) is 48.3 Å². The lowest BCUT2D eigenvalue weighted by Crippen LogP contribution is -2.51. The molecule has 39 heavy (non-hydrogen) atoms. The molecule has 0 radical (unpaired) electrons. The molecular formula is C24H25F4N3O7S. The van der Waals surface area contributed by atoms with Gasteiger partial charge in [-0.05, 0) is 56.3 Å². The summed E-state index contributed by atoms with van der Waals surface area (Å²) in [6.45, 7) is 1.48. The minimum atomic E-state index is -4.83. The molecule has 2 aliphatic rings. The number of fused-ring (bicyclic) bond motifs is 1. The Bertz CT molecular complexity index is 1350. The molecule has 0 saturated carbocycles. The average molecular weight is 576 g/mol. The van der Waals surface area contributed by atoms with E-state index < -0.39 is 45.9 Å². The maximum atomic E-state index is 13.5. The molecule has 1 saturated heterocycles. The number of carbonyl (C=O) groups is 2. The smallest absolute Gasteiger partial charge is 0.427 e. The Hall–Kier alpha value is -3.59. The fourth-order valence-corrected chi connectivity index (χ4v) is 5.16. The summed E-state index contributed by atoms with van der Waals surface area (Å²) in [4.78, 5) is 24.1. The molecule has 2 unspecified atom stereocenters. The summed E-state index contributed by atoms with van der Waals surface area (Å²) in [5, 5.41) is 4.81. The van der Waals surface area contributed by atoms with Crippen LogP contribution in [0.2, 0.25) is 0 Å². The van der Waals surface area contributed by atoms with Crippen molar-refractivity contribution in [1.29, 1.82) is 0 Å². The first-order valence-electron chi connectivity index (χ1n) is 11.7. The largest absolute Gasteiger partial charge is 0.484 e. The number of carbonyl (C=O) groups excluding carboxylic acids is 2. The molecule has 0 aromatic heterocycles. The molecule has 15 heteroatoms. The van der Waals surface area contributed by atoms with E-state index >= 15 is 0 Å².